The highest BCUT2D eigenvalue weighted by Crippen LogP contribution is 2.39. The van der Waals surface area contributed by atoms with Crippen LogP contribution in [0.15, 0.2) is 0 Å². The Hall–Kier alpha value is -1.14. The number of aliphatic carboxylic acids is 1. The van der Waals surface area contributed by atoms with Gasteiger partial charge in [-0.2, -0.15) is 0 Å². The molecule has 1 fully saturated rings. The molecule has 0 aliphatic heterocycles. The van der Waals surface area contributed by atoms with Crippen molar-refractivity contribution in [3.05, 3.63) is 0 Å². The number of hydrogen-bond acceptors (Lipinski definition) is 5. The zero-order valence-electron chi connectivity index (χ0n) is 10.5. The van der Waals surface area contributed by atoms with Gasteiger partial charge in [-0.05, 0) is 12.8 Å². The van der Waals surface area contributed by atoms with Gasteiger partial charge in [0, 0.05) is 11.8 Å². The maximum Gasteiger partial charge on any atom is 0.310 e. The van der Waals surface area contributed by atoms with Crippen LogP contribution in [-0.4, -0.2) is 46.1 Å². The van der Waals surface area contributed by atoms with Crippen molar-refractivity contribution in [1.29, 1.82) is 0 Å². The van der Waals surface area contributed by atoms with E-state index in [0.29, 0.717) is 12.8 Å². The SMILES string of the molecule is CCC1C(O)C(O)C(CC)C(C(=O)O)C1OC=O. The molecule has 6 nitrogen and oxygen atoms in total. The first-order valence-electron chi connectivity index (χ1n) is 6.17. The zero-order chi connectivity index (χ0) is 13.9. The highest BCUT2D eigenvalue weighted by molar-refractivity contribution is 5.72. The fourth-order valence-corrected chi connectivity index (χ4v) is 2.97. The van der Waals surface area contributed by atoms with E-state index in [9.17, 15) is 24.9 Å². The van der Waals surface area contributed by atoms with E-state index in [0.717, 1.165) is 0 Å². The molecular formula is C12H20O6. The molecule has 1 aliphatic carbocycles. The van der Waals surface area contributed by atoms with Crippen LogP contribution in [-0.2, 0) is 14.3 Å². The lowest BCUT2D eigenvalue weighted by Gasteiger charge is -2.45. The van der Waals surface area contributed by atoms with Gasteiger partial charge in [0.2, 0.25) is 0 Å². The largest absolute Gasteiger partial charge is 0.481 e. The van der Waals surface area contributed by atoms with E-state index < -0.39 is 42.0 Å². The molecule has 0 spiro atoms. The molecule has 1 rings (SSSR count). The number of hydrogen-bond donors (Lipinski definition) is 3. The summed E-state index contributed by atoms with van der Waals surface area (Å²) >= 11 is 0. The third-order valence-corrected chi connectivity index (χ3v) is 3.91. The van der Waals surface area contributed by atoms with Crippen LogP contribution in [0.5, 0.6) is 0 Å². The Morgan fingerprint density at radius 2 is 1.67 bits per heavy atom. The molecule has 0 aromatic heterocycles. The molecule has 0 heterocycles. The monoisotopic (exact) mass is 260 g/mol. The van der Waals surface area contributed by atoms with E-state index in [-0.39, 0.29) is 6.47 Å². The Balaban J connectivity index is 3.12. The van der Waals surface area contributed by atoms with E-state index in [2.05, 4.69) is 0 Å². The van der Waals surface area contributed by atoms with Gasteiger partial charge in [0.1, 0.15) is 6.10 Å². The van der Waals surface area contributed by atoms with Crippen LogP contribution in [0.1, 0.15) is 26.7 Å². The Morgan fingerprint density at radius 1 is 1.17 bits per heavy atom. The maximum atomic E-state index is 11.3. The lowest BCUT2D eigenvalue weighted by molar-refractivity contribution is -0.189. The summed E-state index contributed by atoms with van der Waals surface area (Å²) in [4.78, 5) is 21.9. The summed E-state index contributed by atoms with van der Waals surface area (Å²) in [6.07, 6.45) is -2.25. The second-order valence-corrected chi connectivity index (χ2v) is 4.69. The molecule has 0 aromatic carbocycles. The van der Waals surface area contributed by atoms with Gasteiger partial charge >= 0.3 is 5.97 Å². The molecule has 6 atom stereocenters. The fourth-order valence-electron chi connectivity index (χ4n) is 2.97. The Bertz CT molecular complexity index is 305. The lowest BCUT2D eigenvalue weighted by atomic mass is 9.67. The first-order chi connectivity index (χ1) is 8.49. The number of carboxylic acids is 1. The first kappa shape index (κ1) is 14.9. The number of ether oxygens (including phenoxy) is 1. The van der Waals surface area contributed by atoms with Crippen molar-refractivity contribution in [1.82, 2.24) is 0 Å². The summed E-state index contributed by atoms with van der Waals surface area (Å²) in [5.74, 6) is -3.28. The predicted octanol–water partition coefficient (Wildman–Crippen LogP) is 0.0166. The van der Waals surface area contributed by atoms with Crippen molar-refractivity contribution in [2.45, 2.75) is 45.0 Å². The van der Waals surface area contributed by atoms with Crippen molar-refractivity contribution in [2.75, 3.05) is 0 Å². The predicted molar refractivity (Wildman–Crippen MR) is 61.6 cm³/mol. The molecule has 0 bridgehead atoms. The number of rotatable bonds is 5. The minimum atomic E-state index is -1.11. The maximum absolute atomic E-state index is 11.3. The van der Waals surface area contributed by atoms with Gasteiger partial charge in [-0.3, -0.25) is 9.59 Å². The van der Waals surface area contributed by atoms with Gasteiger partial charge in [-0.1, -0.05) is 13.8 Å². The summed E-state index contributed by atoms with van der Waals surface area (Å²) < 4.78 is 4.88. The summed E-state index contributed by atoms with van der Waals surface area (Å²) in [5, 5.41) is 29.2. The molecule has 0 aromatic rings. The van der Waals surface area contributed by atoms with Crippen LogP contribution in [0, 0.1) is 17.8 Å². The average Bonchev–Trinajstić information content (AvgIpc) is 2.33. The second-order valence-electron chi connectivity index (χ2n) is 4.69. The van der Waals surface area contributed by atoms with Crippen molar-refractivity contribution < 1.29 is 29.6 Å². The van der Waals surface area contributed by atoms with Gasteiger partial charge in [-0.25, -0.2) is 0 Å². The molecule has 6 unspecified atom stereocenters. The zero-order valence-corrected chi connectivity index (χ0v) is 10.5. The Morgan fingerprint density at radius 3 is 2.06 bits per heavy atom. The van der Waals surface area contributed by atoms with Crippen molar-refractivity contribution in [3.8, 4) is 0 Å². The van der Waals surface area contributed by atoms with Crippen LogP contribution in [0.25, 0.3) is 0 Å². The summed E-state index contributed by atoms with van der Waals surface area (Å²) in [6, 6.07) is 0. The van der Waals surface area contributed by atoms with Crippen molar-refractivity contribution in [3.63, 3.8) is 0 Å². The molecule has 6 heteroatoms. The highest BCUT2D eigenvalue weighted by Gasteiger charge is 2.52. The average molecular weight is 260 g/mol. The molecule has 0 saturated heterocycles. The second kappa shape index (κ2) is 6.15. The van der Waals surface area contributed by atoms with E-state index in [1.807, 2.05) is 0 Å². The quantitative estimate of drug-likeness (QED) is 0.602. The van der Waals surface area contributed by atoms with E-state index in [1.165, 1.54) is 0 Å². The number of carbonyl (C=O) groups is 2. The smallest absolute Gasteiger partial charge is 0.310 e. The number of carboxylic acid groups (broad SMARTS) is 1. The number of aliphatic hydroxyl groups is 2. The van der Waals surface area contributed by atoms with Crippen LogP contribution < -0.4 is 0 Å². The van der Waals surface area contributed by atoms with E-state index >= 15 is 0 Å². The third-order valence-electron chi connectivity index (χ3n) is 3.91. The van der Waals surface area contributed by atoms with Crippen LogP contribution in [0.4, 0.5) is 0 Å². The molecule has 3 N–H and O–H groups in total. The van der Waals surface area contributed by atoms with Crippen LogP contribution >= 0.6 is 0 Å². The molecular weight excluding hydrogens is 240 g/mol. The molecule has 18 heavy (non-hydrogen) atoms. The topological polar surface area (TPSA) is 104 Å². The van der Waals surface area contributed by atoms with E-state index in [4.69, 9.17) is 4.74 Å². The van der Waals surface area contributed by atoms with Gasteiger partial charge in [0.05, 0.1) is 18.1 Å². The van der Waals surface area contributed by atoms with Crippen molar-refractivity contribution >= 4 is 12.4 Å². The molecule has 0 radical (unpaired) electrons. The minimum Gasteiger partial charge on any atom is -0.481 e. The van der Waals surface area contributed by atoms with Gasteiger partial charge in [-0.15, -0.1) is 0 Å². The van der Waals surface area contributed by atoms with Gasteiger partial charge in [0.15, 0.2) is 0 Å². The lowest BCUT2D eigenvalue weighted by Crippen LogP contribution is -2.58. The Labute approximate surface area is 106 Å². The number of carbonyl (C=O) groups excluding carboxylic acids is 1. The van der Waals surface area contributed by atoms with Crippen LogP contribution in [0.2, 0.25) is 0 Å². The molecule has 104 valence electrons. The fraction of sp³-hybridized carbons (Fsp3) is 0.833. The van der Waals surface area contributed by atoms with Gasteiger partial charge in [0.25, 0.3) is 6.47 Å². The van der Waals surface area contributed by atoms with Crippen LogP contribution in [0.3, 0.4) is 0 Å². The highest BCUT2D eigenvalue weighted by atomic mass is 16.5. The third kappa shape index (κ3) is 2.49. The van der Waals surface area contributed by atoms with Crippen molar-refractivity contribution in [2.24, 2.45) is 17.8 Å². The summed E-state index contributed by atoms with van der Waals surface area (Å²) in [5.41, 5.74) is 0. The molecule has 1 aliphatic rings. The van der Waals surface area contributed by atoms with Gasteiger partial charge < -0.3 is 20.1 Å². The summed E-state index contributed by atoms with van der Waals surface area (Å²) in [6.45, 7) is 3.70. The summed E-state index contributed by atoms with van der Waals surface area (Å²) in [7, 11) is 0. The molecule has 1 saturated carbocycles. The van der Waals surface area contributed by atoms with E-state index in [1.54, 1.807) is 13.8 Å². The normalized spacial score (nSPS) is 40.2. The Kier molecular flexibility index (Phi) is 5.10. The molecule has 0 amide bonds. The standard InChI is InChI=1S/C12H20O6/c1-3-6-8(12(16)17)11(18-5-13)7(4-2)10(15)9(6)14/h5-11,14-15H,3-4H2,1-2H3,(H,16,17). The minimum absolute atomic E-state index is 0.209. The number of aliphatic hydroxyl groups excluding tert-OH is 2. The first-order valence-corrected chi connectivity index (χ1v) is 6.17.